The van der Waals surface area contributed by atoms with Crippen LogP contribution < -0.4 is 5.32 Å². The van der Waals surface area contributed by atoms with Crippen LogP contribution in [0.5, 0.6) is 0 Å². The van der Waals surface area contributed by atoms with Crippen LogP contribution >= 0.6 is 0 Å². The lowest BCUT2D eigenvalue weighted by atomic mass is 10.1. The first-order valence-electron chi connectivity index (χ1n) is 6.94. The number of rotatable bonds is 4. The Bertz CT molecular complexity index is 852. The van der Waals surface area contributed by atoms with Crippen molar-refractivity contribution in [3.8, 4) is 11.3 Å². The highest BCUT2D eigenvalue weighted by molar-refractivity contribution is 6.06. The zero-order chi connectivity index (χ0) is 16.2. The van der Waals surface area contributed by atoms with Gasteiger partial charge in [0.05, 0.1) is 5.69 Å². The first-order valence-corrected chi connectivity index (χ1v) is 6.94. The van der Waals surface area contributed by atoms with E-state index < -0.39 is 5.97 Å². The summed E-state index contributed by atoms with van der Waals surface area (Å²) in [7, 11) is 0. The van der Waals surface area contributed by atoms with E-state index in [-0.39, 0.29) is 11.7 Å². The van der Waals surface area contributed by atoms with E-state index in [1.165, 1.54) is 6.07 Å². The van der Waals surface area contributed by atoms with Crippen LogP contribution in [0.3, 0.4) is 0 Å². The number of benzene rings is 2. The predicted octanol–water partition coefficient (Wildman–Crippen LogP) is 3.90. The fourth-order valence-corrected chi connectivity index (χ4v) is 2.19. The lowest BCUT2D eigenvalue weighted by Gasteiger charge is -2.09. The Morgan fingerprint density at radius 1 is 0.870 bits per heavy atom. The van der Waals surface area contributed by atoms with Crippen molar-refractivity contribution >= 4 is 17.6 Å². The molecule has 2 N–H and O–H groups in total. The highest BCUT2D eigenvalue weighted by atomic mass is 16.4. The van der Waals surface area contributed by atoms with Gasteiger partial charge in [-0.05, 0) is 36.4 Å². The number of amides is 1. The molecule has 0 saturated carbocycles. The number of hydrogen-bond donors (Lipinski definition) is 2. The number of carbonyl (C=O) groups is 2. The van der Waals surface area contributed by atoms with Gasteiger partial charge < -0.3 is 14.8 Å². The van der Waals surface area contributed by atoms with E-state index in [1.807, 2.05) is 6.07 Å². The standard InChI is InChI=1S/C18H13NO4/c20-17(12-6-2-1-3-7-12)19-14-9-5-4-8-13(14)15-10-11-16(23-15)18(21)22/h1-11H,(H,19,20)(H,21,22). The molecule has 114 valence electrons. The van der Waals surface area contributed by atoms with Crippen molar-refractivity contribution in [2.24, 2.45) is 0 Å². The van der Waals surface area contributed by atoms with Crippen LogP contribution in [-0.4, -0.2) is 17.0 Å². The van der Waals surface area contributed by atoms with Gasteiger partial charge in [-0.1, -0.05) is 30.3 Å². The summed E-state index contributed by atoms with van der Waals surface area (Å²) in [6.07, 6.45) is 0. The van der Waals surface area contributed by atoms with E-state index in [0.29, 0.717) is 22.6 Å². The number of carbonyl (C=O) groups excluding carboxylic acids is 1. The zero-order valence-corrected chi connectivity index (χ0v) is 12.0. The Morgan fingerprint density at radius 3 is 2.26 bits per heavy atom. The van der Waals surface area contributed by atoms with Crippen LogP contribution in [0.25, 0.3) is 11.3 Å². The summed E-state index contributed by atoms with van der Waals surface area (Å²) in [4.78, 5) is 23.2. The summed E-state index contributed by atoms with van der Waals surface area (Å²) < 4.78 is 5.31. The lowest BCUT2D eigenvalue weighted by molar-refractivity contribution is 0.0663. The Morgan fingerprint density at radius 2 is 1.57 bits per heavy atom. The SMILES string of the molecule is O=C(Nc1ccccc1-c1ccc(C(=O)O)o1)c1ccccc1. The van der Waals surface area contributed by atoms with E-state index >= 15 is 0 Å². The van der Waals surface area contributed by atoms with Gasteiger partial charge in [-0.25, -0.2) is 4.79 Å². The van der Waals surface area contributed by atoms with Crippen LogP contribution in [0.1, 0.15) is 20.9 Å². The quantitative estimate of drug-likeness (QED) is 0.766. The van der Waals surface area contributed by atoms with Crippen LogP contribution in [-0.2, 0) is 0 Å². The van der Waals surface area contributed by atoms with Gasteiger partial charge in [0, 0.05) is 11.1 Å². The molecule has 5 heteroatoms. The Labute approximate surface area is 132 Å². The maximum Gasteiger partial charge on any atom is 0.371 e. The fraction of sp³-hybridized carbons (Fsp3) is 0. The number of nitrogens with one attached hydrogen (secondary N) is 1. The largest absolute Gasteiger partial charge is 0.475 e. The van der Waals surface area contributed by atoms with E-state index in [9.17, 15) is 9.59 Å². The van der Waals surface area contributed by atoms with Crippen LogP contribution in [0, 0.1) is 0 Å². The molecule has 0 fully saturated rings. The topological polar surface area (TPSA) is 79.5 Å². The summed E-state index contributed by atoms with van der Waals surface area (Å²) in [6.45, 7) is 0. The summed E-state index contributed by atoms with van der Waals surface area (Å²) in [5.41, 5.74) is 1.70. The van der Waals surface area contributed by atoms with E-state index in [4.69, 9.17) is 9.52 Å². The van der Waals surface area contributed by atoms with E-state index in [1.54, 1.807) is 54.6 Å². The molecule has 0 aliphatic rings. The molecule has 23 heavy (non-hydrogen) atoms. The Hall–Kier alpha value is -3.34. The minimum absolute atomic E-state index is 0.149. The molecule has 5 nitrogen and oxygen atoms in total. The molecule has 0 radical (unpaired) electrons. The van der Waals surface area contributed by atoms with Crippen molar-refractivity contribution < 1.29 is 19.1 Å². The number of carboxylic acid groups (broad SMARTS) is 1. The summed E-state index contributed by atoms with van der Waals surface area (Å²) in [5, 5.41) is 11.8. The first-order chi connectivity index (χ1) is 11.1. The van der Waals surface area contributed by atoms with Gasteiger partial charge in [0.15, 0.2) is 0 Å². The van der Waals surface area contributed by atoms with E-state index in [0.717, 1.165) is 0 Å². The van der Waals surface area contributed by atoms with Gasteiger partial charge in [0.1, 0.15) is 5.76 Å². The number of anilines is 1. The number of carboxylic acids is 1. The van der Waals surface area contributed by atoms with Crippen LogP contribution in [0.2, 0.25) is 0 Å². The molecule has 1 heterocycles. The molecule has 3 rings (SSSR count). The monoisotopic (exact) mass is 307 g/mol. The maximum absolute atomic E-state index is 12.3. The minimum atomic E-state index is -1.14. The molecular weight excluding hydrogens is 294 g/mol. The summed E-state index contributed by atoms with van der Waals surface area (Å²) in [6, 6.07) is 18.8. The molecule has 3 aromatic rings. The third-order valence-electron chi connectivity index (χ3n) is 3.29. The minimum Gasteiger partial charge on any atom is -0.475 e. The molecule has 0 spiro atoms. The smallest absolute Gasteiger partial charge is 0.371 e. The fourth-order valence-electron chi connectivity index (χ4n) is 2.19. The number of furan rings is 1. The lowest BCUT2D eigenvalue weighted by Crippen LogP contribution is -2.12. The van der Waals surface area contributed by atoms with Crippen molar-refractivity contribution in [1.82, 2.24) is 0 Å². The van der Waals surface area contributed by atoms with Crippen LogP contribution in [0.15, 0.2) is 71.1 Å². The number of aromatic carboxylic acids is 1. The van der Waals surface area contributed by atoms with Gasteiger partial charge in [0.25, 0.3) is 5.91 Å². The molecule has 0 unspecified atom stereocenters. The van der Waals surface area contributed by atoms with Crippen molar-refractivity contribution in [3.63, 3.8) is 0 Å². The van der Waals surface area contributed by atoms with Crippen molar-refractivity contribution in [2.45, 2.75) is 0 Å². The predicted molar refractivity (Wildman–Crippen MR) is 85.5 cm³/mol. The van der Waals surface area contributed by atoms with E-state index in [2.05, 4.69) is 5.32 Å². The zero-order valence-electron chi connectivity index (χ0n) is 12.0. The molecule has 1 aromatic heterocycles. The molecule has 2 aromatic carbocycles. The van der Waals surface area contributed by atoms with Gasteiger partial charge in [-0.15, -0.1) is 0 Å². The molecule has 0 aliphatic heterocycles. The summed E-state index contributed by atoms with van der Waals surface area (Å²) in [5.74, 6) is -1.15. The average molecular weight is 307 g/mol. The van der Waals surface area contributed by atoms with Gasteiger partial charge in [-0.3, -0.25) is 4.79 Å². The maximum atomic E-state index is 12.3. The highest BCUT2D eigenvalue weighted by Crippen LogP contribution is 2.29. The normalized spacial score (nSPS) is 10.3. The Kier molecular flexibility index (Phi) is 3.93. The summed E-state index contributed by atoms with van der Waals surface area (Å²) >= 11 is 0. The molecule has 1 amide bonds. The molecule has 0 saturated heterocycles. The van der Waals surface area contributed by atoms with Crippen molar-refractivity contribution in [2.75, 3.05) is 5.32 Å². The molecule has 0 aliphatic carbocycles. The first kappa shape index (κ1) is 14.6. The van der Waals surface area contributed by atoms with Gasteiger partial charge in [-0.2, -0.15) is 0 Å². The molecule has 0 bridgehead atoms. The third-order valence-corrected chi connectivity index (χ3v) is 3.29. The highest BCUT2D eigenvalue weighted by Gasteiger charge is 2.14. The van der Waals surface area contributed by atoms with Gasteiger partial charge >= 0.3 is 5.97 Å². The molecular formula is C18H13NO4. The second kappa shape index (κ2) is 6.19. The molecule has 0 atom stereocenters. The number of hydrogen-bond acceptors (Lipinski definition) is 3. The third kappa shape index (κ3) is 3.13. The van der Waals surface area contributed by atoms with Crippen LogP contribution in [0.4, 0.5) is 5.69 Å². The van der Waals surface area contributed by atoms with Gasteiger partial charge in [0.2, 0.25) is 5.76 Å². The second-order valence-electron chi connectivity index (χ2n) is 4.83. The average Bonchev–Trinajstić information content (AvgIpc) is 3.06. The van der Waals surface area contributed by atoms with Crippen molar-refractivity contribution in [1.29, 1.82) is 0 Å². The second-order valence-corrected chi connectivity index (χ2v) is 4.83. The Balaban J connectivity index is 1.91. The number of para-hydroxylation sites is 1. The van der Waals surface area contributed by atoms with Crippen molar-refractivity contribution in [3.05, 3.63) is 78.1 Å².